The van der Waals surface area contributed by atoms with Gasteiger partial charge in [0, 0.05) is 6.54 Å². The number of hydrogen-bond donors (Lipinski definition) is 3. The zero-order valence-corrected chi connectivity index (χ0v) is 12.5. The second-order valence-electron chi connectivity index (χ2n) is 5.11. The van der Waals surface area contributed by atoms with E-state index >= 15 is 0 Å². The molecular weight excluding hydrogens is 258 g/mol. The molecule has 0 aliphatic heterocycles. The van der Waals surface area contributed by atoms with Gasteiger partial charge in [0.25, 0.3) is 0 Å². The number of methoxy groups -OCH3 is 1. The zero-order chi connectivity index (χ0) is 15.0. The molecule has 0 saturated heterocycles. The van der Waals surface area contributed by atoms with Gasteiger partial charge in [0.05, 0.1) is 13.7 Å². The molecule has 20 heavy (non-hydrogen) atoms. The van der Waals surface area contributed by atoms with Gasteiger partial charge >= 0.3 is 0 Å². The van der Waals surface area contributed by atoms with Crippen LogP contribution in [0.15, 0.2) is 18.2 Å². The van der Waals surface area contributed by atoms with Crippen molar-refractivity contribution in [1.82, 2.24) is 5.32 Å². The third-order valence-corrected chi connectivity index (χ3v) is 2.88. The van der Waals surface area contributed by atoms with E-state index in [1.165, 1.54) is 0 Å². The Morgan fingerprint density at radius 1 is 1.30 bits per heavy atom. The molecule has 0 heterocycles. The highest BCUT2D eigenvalue weighted by Crippen LogP contribution is 2.28. The summed E-state index contributed by atoms with van der Waals surface area (Å²) in [6, 6.07) is 5.22. The molecule has 1 aromatic rings. The molecule has 0 spiro atoms. The van der Waals surface area contributed by atoms with Gasteiger partial charge in [0.15, 0.2) is 11.5 Å². The summed E-state index contributed by atoms with van der Waals surface area (Å²) in [7, 11) is 1.55. The van der Waals surface area contributed by atoms with Crippen molar-refractivity contribution in [3.8, 4) is 11.5 Å². The molecule has 0 radical (unpaired) electrons. The van der Waals surface area contributed by atoms with Crippen LogP contribution in [0.1, 0.15) is 25.8 Å². The first-order valence-electron chi connectivity index (χ1n) is 6.86. The van der Waals surface area contributed by atoms with Crippen LogP contribution in [0.4, 0.5) is 0 Å². The molecule has 0 aliphatic rings. The van der Waals surface area contributed by atoms with Crippen molar-refractivity contribution in [3.05, 3.63) is 23.8 Å². The Morgan fingerprint density at radius 3 is 2.65 bits per heavy atom. The van der Waals surface area contributed by atoms with Gasteiger partial charge in [-0.3, -0.25) is 0 Å². The third kappa shape index (κ3) is 5.36. The van der Waals surface area contributed by atoms with Crippen molar-refractivity contribution < 1.29 is 19.7 Å². The summed E-state index contributed by atoms with van der Waals surface area (Å²) in [6.07, 6.45) is 1.02. The Kier molecular flexibility index (Phi) is 6.78. The SMILES string of the molecule is CCCNCC(C)(O)COc1ccc(CO)cc1OC. The highest BCUT2D eigenvalue weighted by Gasteiger charge is 2.21. The van der Waals surface area contributed by atoms with Crippen molar-refractivity contribution in [2.24, 2.45) is 0 Å². The highest BCUT2D eigenvalue weighted by atomic mass is 16.5. The van der Waals surface area contributed by atoms with Crippen molar-refractivity contribution in [1.29, 1.82) is 0 Å². The first kappa shape index (κ1) is 16.8. The van der Waals surface area contributed by atoms with Gasteiger partial charge < -0.3 is 25.0 Å². The van der Waals surface area contributed by atoms with Crippen LogP contribution in [0.5, 0.6) is 11.5 Å². The number of ether oxygens (including phenoxy) is 2. The van der Waals surface area contributed by atoms with Crippen molar-refractivity contribution in [2.75, 3.05) is 26.8 Å². The van der Waals surface area contributed by atoms with E-state index in [-0.39, 0.29) is 13.2 Å². The minimum absolute atomic E-state index is 0.0463. The van der Waals surface area contributed by atoms with Crippen molar-refractivity contribution in [2.45, 2.75) is 32.5 Å². The maximum absolute atomic E-state index is 10.2. The number of nitrogens with one attached hydrogen (secondary N) is 1. The van der Waals surface area contributed by atoms with Gasteiger partial charge in [0.2, 0.25) is 0 Å². The van der Waals surface area contributed by atoms with Crippen molar-refractivity contribution >= 4 is 0 Å². The summed E-state index contributed by atoms with van der Waals surface area (Å²) in [5.74, 6) is 1.11. The van der Waals surface area contributed by atoms with Crippen LogP contribution in [-0.4, -0.2) is 42.6 Å². The van der Waals surface area contributed by atoms with Gasteiger partial charge in [-0.05, 0) is 37.6 Å². The largest absolute Gasteiger partial charge is 0.493 e. The van der Waals surface area contributed by atoms with Gasteiger partial charge in [-0.25, -0.2) is 0 Å². The molecule has 5 nitrogen and oxygen atoms in total. The number of benzene rings is 1. The number of aliphatic hydroxyl groups excluding tert-OH is 1. The summed E-state index contributed by atoms with van der Waals surface area (Å²) < 4.78 is 10.8. The summed E-state index contributed by atoms with van der Waals surface area (Å²) in [6.45, 7) is 5.26. The molecule has 1 rings (SSSR count). The average molecular weight is 283 g/mol. The van der Waals surface area contributed by atoms with Crippen LogP contribution >= 0.6 is 0 Å². The number of aliphatic hydroxyl groups is 2. The predicted octanol–water partition coefficient (Wildman–Crippen LogP) is 1.32. The third-order valence-electron chi connectivity index (χ3n) is 2.88. The smallest absolute Gasteiger partial charge is 0.161 e. The molecule has 3 N–H and O–H groups in total. The molecule has 0 aromatic heterocycles. The summed E-state index contributed by atoms with van der Waals surface area (Å²) in [5, 5.41) is 22.4. The minimum atomic E-state index is -0.949. The lowest BCUT2D eigenvalue weighted by molar-refractivity contribution is 0.0117. The fourth-order valence-electron chi connectivity index (χ4n) is 1.75. The highest BCUT2D eigenvalue weighted by molar-refractivity contribution is 5.42. The van der Waals surface area contributed by atoms with Crippen LogP contribution in [0, 0.1) is 0 Å². The Bertz CT molecular complexity index is 407. The van der Waals surface area contributed by atoms with Crippen LogP contribution in [0.3, 0.4) is 0 Å². The molecule has 0 saturated carbocycles. The monoisotopic (exact) mass is 283 g/mol. The van der Waals surface area contributed by atoms with Gasteiger partial charge in [0.1, 0.15) is 12.2 Å². The van der Waals surface area contributed by atoms with Crippen LogP contribution < -0.4 is 14.8 Å². The predicted molar refractivity (Wildman–Crippen MR) is 78.2 cm³/mol. The quantitative estimate of drug-likeness (QED) is 0.596. The maximum Gasteiger partial charge on any atom is 0.161 e. The topological polar surface area (TPSA) is 71.0 Å². The van der Waals surface area contributed by atoms with Gasteiger partial charge in [-0.1, -0.05) is 13.0 Å². The molecule has 0 amide bonds. The van der Waals surface area contributed by atoms with E-state index in [1.807, 2.05) is 0 Å². The molecule has 0 bridgehead atoms. The maximum atomic E-state index is 10.2. The molecule has 0 aliphatic carbocycles. The summed E-state index contributed by atoms with van der Waals surface area (Å²) >= 11 is 0. The van der Waals surface area contributed by atoms with E-state index < -0.39 is 5.60 Å². The zero-order valence-electron chi connectivity index (χ0n) is 12.5. The lowest BCUT2D eigenvalue weighted by Crippen LogP contribution is -2.43. The molecular formula is C15H25NO4. The Morgan fingerprint density at radius 2 is 2.05 bits per heavy atom. The van der Waals surface area contributed by atoms with Gasteiger partial charge in [-0.2, -0.15) is 0 Å². The first-order valence-corrected chi connectivity index (χ1v) is 6.86. The number of rotatable bonds is 9. The summed E-state index contributed by atoms with van der Waals surface area (Å²) in [4.78, 5) is 0. The fourth-order valence-corrected chi connectivity index (χ4v) is 1.75. The molecule has 1 unspecified atom stereocenters. The normalized spacial score (nSPS) is 13.8. The Balaban J connectivity index is 2.60. The van der Waals surface area contributed by atoms with E-state index in [9.17, 15) is 5.11 Å². The average Bonchev–Trinajstić information content (AvgIpc) is 2.45. The van der Waals surface area contributed by atoms with Gasteiger partial charge in [-0.15, -0.1) is 0 Å². The molecule has 1 aromatic carbocycles. The lowest BCUT2D eigenvalue weighted by Gasteiger charge is -2.24. The summed E-state index contributed by atoms with van der Waals surface area (Å²) in [5.41, 5.74) is -0.193. The molecule has 5 heteroatoms. The van der Waals surface area contributed by atoms with E-state index in [2.05, 4.69) is 12.2 Å². The fraction of sp³-hybridized carbons (Fsp3) is 0.600. The van der Waals surface area contributed by atoms with Crippen LogP contribution in [0.25, 0.3) is 0 Å². The molecule has 1 atom stereocenters. The van der Waals surface area contributed by atoms with E-state index in [0.29, 0.717) is 18.0 Å². The first-order chi connectivity index (χ1) is 9.52. The Labute approximate surface area is 120 Å². The van der Waals surface area contributed by atoms with E-state index in [1.54, 1.807) is 32.2 Å². The molecule has 114 valence electrons. The van der Waals surface area contributed by atoms with Crippen molar-refractivity contribution in [3.63, 3.8) is 0 Å². The number of hydrogen-bond acceptors (Lipinski definition) is 5. The standard InChI is InChI=1S/C15H25NO4/c1-4-7-16-10-15(2,18)11-20-13-6-5-12(9-17)8-14(13)19-3/h5-6,8,16-18H,4,7,9-11H2,1-3H3. The van der Waals surface area contributed by atoms with Crippen LogP contribution in [0.2, 0.25) is 0 Å². The second-order valence-corrected chi connectivity index (χ2v) is 5.11. The second kappa shape index (κ2) is 8.09. The van der Waals surface area contributed by atoms with E-state index in [0.717, 1.165) is 18.5 Å². The Hall–Kier alpha value is -1.30. The van der Waals surface area contributed by atoms with Crippen LogP contribution in [-0.2, 0) is 6.61 Å². The van der Waals surface area contributed by atoms with E-state index in [4.69, 9.17) is 14.6 Å². The minimum Gasteiger partial charge on any atom is -0.493 e. The lowest BCUT2D eigenvalue weighted by atomic mass is 10.1. The molecule has 0 fully saturated rings.